The number of hydrogen-bond acceptors (Lipinski definition) is 6. The predicted molar refractivity (Wildman–Crippen MR) is 76.8 cm³/mol. The zero-order chi connectivity index (χ0) is 14.7. The molecule has 1 unspecified atom stereocenters. The molecule has 0 aliphatic rings. The molecule has 3 aromatic rings. The van der Waals surface area contributed by atoms with Crippen molar-refractivity contribution >= 4 is 11.0 Å². The summed E-state index contributed by atoms with van der Waals surface area (Å²) >= 11 is 0. The molecule has 21 heavy (non-hydrogen) atoms. The lowest BCUT2D eigenvalue weighted by molar-refractivity contribution is 0.102. The van der Waals surface area contributed by atoms with Crippen LogP contribution in [0, 0.1) is 0 Å². The molecular weight excluding hydrogens is 270 g/mol. The van der Waals surface area contributed by atoms with Crippen molar-refractivity contribution in [2.75, 3.05) is 13.7 Å². The van der Waals surface area contributed by atoms with E-state index >= 15 is 0 Å². The minimum absolute atomic E-state index is 0.107. The number of aromatic amines is 1. The number of methoxy groups -OCH3 is 1. The normalized spacial score (nSPS) is 12.9. The SMILES string of the molecule is COC(CN)Cc1nc(Cc2nc3ccccc3[nH]2)no1. The van der Waals surface area contributed by atoms with E-state index in [0.717, 1.165) is 16.9 Å². The second-order valence-corrected chi connectivity index (χ2v) is 4.78. The van der Waals surface area contributed by atoms with Gasteiger partial charge in [-0.15, -0.1) is 0 Å². The molecule has 0 amide bonds. The van der Waals surface area contributed by atoms with E-state index in [1.54, 1.807) is 7.11 Å². The van der Waals surface area contributed by atoms with Crippen LogP contribution in [0.15, 0.2) is 28.8 Å². The summed E-state index contributed by atoms with van der Waals surface area (Å²) in [7, 11) is 1.61. The fourth-order valence-corrected chi connectivity index (χ4v) is 2.14. The molecule has 2 aromatic heterocycles. The molecule has 2 heterocycles. The molecule has 7 nitrogen and oxygen atoms in total. The molecule has 0 saturated carbocycles. The maximum absolute atomic E-state index is 5.57. The number of nitrogens with zero attached hydrogens (tertiary/aromatic N) is 3. The molecule has 3 N–H and O–H groups in total. The van der Waals surface area contributed by atoms with Gasteiger partial charge in [0, 0.05) is 13.7 Å². The van der Waals surface area contributed by atoms with Crippen LogP contribution in [0.25, 0.3) is 11.0 Å². The number of imidazole rings is 1. The minimum Gasteiger partial charge on any atom is -0.380 e. The maximum atomic E-state index is 5.57. The number of rotatable bonds is 6. The number of benzene rings is 1. The van der Waals surface area contributed by atoms with Crippen molar-refractivity contribution in [2.24, 2.45) is 5.73 Å². The number of nitrogens with one attached hydrogen (secondary N) is 1. The van der Waals surface area contributed by atoms with Crippen molar-refractivity contribution in [1.29, 1.82) is 0 Å². The van der Waals surface area contributed by atoms with Crippen LogP contribution in [-0.2, 0) is 17.6 Å². The van der Waals surface area contributed by atoms with Gasteiger partial charge in [-0.05, 0) is 12.1 Å². The quantitative estimate of drug-likeness (QED) is 0.702. The highest BCUT2D eigenvalue weighted by Crippen LogP contribution is 2.12. The first-order valence-corrected chi connectivity index (χ1v) is 6.76. The first kappa shape index (κ1) is 13.7. The topological polar surface area (TPSA) is 103 Å². The Morgan fingerprint density at radius 1 is 1.33 bits per heavy atom. The van der Waals surface area contributed by atoms with Gasteiger partial charge >= 0.3 is 0 Å². The maximum Gasteiger partial charge on any atom is 0.229 e. The van der Waals surface area contributed by atoms with Crippen LogP contribution in [-0.4, -0.2) is 39.9 Å². The number of ether oxygens (including phenoxy) is 1. The number of fused-ring (bicyclic) bond motifs is 1. The lowest BCUT2D eigenvalue weighted by Crippen LogP contribution is -2.24. The largest absolute Gasteiger partial charge is 0.380 e. The average Bonchev–Trinajstić information content (AvgIpc) is 3.11. The first-order valence-electron chi connectivity index (χ1n) is 6.76. The Hall–Kier alpha value is -2.25. The van der Waals surface area contributed by atoms with Gasteiger partial charge in [-0.2, -0.15) is 4.98 Å². The molecule has 1 atom stereocenters. The van der Waals surface area contributed by atoms with Crippen molar-refractivity contribution in [3.8, 4) is 0 Å². The third-order valence-corrected chi connectivity index (χ3v) is 3.27. The van der Waals surface area contributed by atoms with Crippen LogP contribution < -0.4 is 5.73 Å². The van der Waals surface area contributed by atoms with Crippen molar-refractivity contribution < 1.29 is 9.26 Å². The molecule has 0 fully saturated rings. The molecule has 0 bridgehead atoms. The van der Waals surface area contributed by atoms with E-state index in [1.165, 1.54) is 0 Å². The van der Waals surface area contributed by atoms with Crippen LogP contribution in [0.3, 0.4) is 0 Å². The second kappa shape index (κ2) is 6.02. The summed E-state index contributed by atoms with van der Waals surface area (Å²) in [4.78, 5) is 12.1. The summed E-state index contributed by atoms with van der Waals surface area (Å²) < 4.78 is 10.4. The Labute approximate surface area is 121 Å². The Balaban J connectivity index is 1.71. The molecule has 0 radical (unpaired) electrons. The lowest BCUT2D eigenvalue weighted by atomic mass is 10.2. The number of para-hydroxylation sites is 2. The lowest BCUT2D eigenvalue weighted by Gasteiger charge is -2.08. The average molecular weight is 287 g/mol. The zero-order valence-corrected chi connectivity index (χ0v) is 11.7. The van der Waals surface area contributed by atoms with Gasteiger partial charge in [0.1, 0.15) is 5.82 Å². The number of aromatic nitrogens is 4. The van der Waals surface area contributed by atoms with E-state index in [9.17, 15) is 0 Å². The Morgan fingerprint density at radius 3 is 2.95 bits per heavy atom. The molecule has 0 spiro atoms. The van der Waals surface area contributed by atoms with Gasteiger partial charge in [-0.1, -0.05) is 17.3 Å². The molecule has 0 aliphatic carbocycles. The molecule has 1 aromatic carbocycles. The summed E-state index contributed by atoms with van der Waals surface area (Å²) in [5.41, 5.74) is 7.50. The van der Waals surface area contributed by atoms with E-state index in [2.05, 4.69) is 20.1 Å². The fraction of sp³-hybridized carbons (Fsp3) is 0.357. The van der Waals surface area contributed by atoms with Crippen LogP contribution in [0.5, 0.6) is 0 Å². The third kappa shape index (κ3) is 3.09. The van der Waals surface area contributed by atoms with Crippen LogP contribution in [0.4, 0.5) is 0 Å². The number of hydrogen-bond donors (Lipinski definition) is 2. The summed E-state index contributed by atoms with van der Waals surface area (Å²) in [6, 6.07) is 7.87. The highest BCUT2D eigenvalue weighted by molar-refractivity contribution is 5.74. The van der Waals surface area contributed by atoms with Crippen LogP contribution >= 0.6 is 0 Å². The fourth-order valence-electron chi connectivity index (χ4n) is 2.14. The van der Waals surface area contributed by atoms with Crippen LogP contribution in [0.2, 0.25) is 0 Å². The highest BCUT2D eigenvalue weighted by Gasteiger charge is 2.14. The van der Waals surface area contributed by atoms with E-state index < -0.39 is 0 Å². The minimum atomic E-state index is -0.107. The molecule has 3 rings (SSSR count). The van der Waals surface area contributed by atoms with Gasteiger partial charge in [-0.3, -0.25) is 0 Å². The third-order valence-electron chi connectivity index (χ3n) is 3.27. The molecular formula is C14H17N5O2. The van der Waals surface area contributed by atoms with Gasteiger partial charge in [0.25, 0.3) is 0 Å². The van der Waals surface area contributed by atoms with E-state index in [-0.39, 0.29) is 6.10 Å². The smallest absolute Gasteiger partial charge is 0.229 e. The number of nitrogens with two attached hydrogens (primary N) is 1. The standard InChI is InChI=1S/C14H17N5O2/c1-20-9(8-15)6-14-18-13(19-21-14)7-12-16-10-4-2-3-5-11(10)17-12/h2-5,9H,6-8,15H2,1H3,(H,16,17). The predicted octanol–water partition coefficient (Wildman–Crippen LogP) is 1.05. The van der Waals surface area contributed by atoms with E-state index in [1.807, 2.05) is 24.3 Å². The van der Waals surface area contributed by atoms with Gasteiger partial charge < -0.3 is 20.0 Å². The summed E-state index contributed by atoms with van der Waals surface area (Å²) in [5.74, 6) is 1.93. The first-order chi connectivity index (χ1) is 10.3. The summed E-state index contributed by atoms with van der Waals surface area (Å²) in [6.07, 6.45) is 0.906. The van der Waals surface area contributed by atoms with Crippen molar-refractivity contribution in [3.05, 3.63) is 41.8 Å². The molecule has 110 valence electrons. The molecule has 7 heteroatoms. The van der Waals surface area contributed by atoms with Gasteiger partial charge in [0.15, 0.2) is 5.82 Å². The van der Waals surface area contributed by atoms with Gasteiger partial charge in [0.2, 0.25) is 5.89 Å². The monoisotopic (exact) mass is 287 g/mol. The van der Waals surface area contributed by atoms with Crippen LogP contribution in [0.1, 0.15) is 17.5 Å². The van der Waals surface area contributed by atoms with Crippen molar-refractivity contribution in [1.82, 2.24) is 20.1 Å². The highest BCUT2D eigenvalue weighted by atomic mass is 16.5. The number of H-pyrrole nitrogens is 1. The Bertz CT molecular complexity index is 684. The van der Waals surface area contributed by atoms with Crippen molar-refractivity contribution in [3.63, 3.8) is 0 Å². The van der Waals surface area contributed by atoms with E-state index in [0.29, 0.717) is 31.1 Å². The van der Waals surface area contributed by atoms with Crippen molar-refractivity contribution in [2.45, 2.75) is 18.9 Å². The summed E-state index contributed by atoms with van der Waals surface area (Å²) in [5, 5.41) is 3.96. The summed E-state index contributed by atoms with van der Waals surface area (Å²) in [6.45, 7) is 0.414. The Morgan fingerprint density at radius 2 is 2.19 bits per heavy atom. The van der Waals surface area contributed by atoms with Gasteiger partial charge in [-0.25, -0.2) is 4.98 Å². The molecule has 0 saturated heterocycles. The van der Waals surface area contributed by atoms with E-state index in [4.69, 9.17) is 15.0 Å². The Kier molecular flexibility index (Phi) is 3.94. The molecule has 0 aliphatic heterocycles. The van der Waals surface area contributed by atoms with Gasteiger partial charge in [0.05, 0.1) is 30.0 Å². The zero-order valence-electron chi connectivity index (χ0n) is 11.7. The second-order valence-electron chi connectivity index (χ2n) is 4.78.